The SMILES string of the molecule is C[C@H](CCC(=O)O)CN1c2ccccc2C(=O)[C@@H]1C(=O)O. The van der Waals surface area contributed by atoms with Gasteiger partial charge < -0.3 is 15.1 Å². The molecular weight excluding hydrogens is 274 g/mol. The number of anilines is 1. The van der Waals surface area contributed by atoms with Crippen LogP contribution in [0.3, 0.4) is 0 Å². The molecule has 0 aromatic heterocycles. The van der Waals surface area contributed by atoms with Crippen molar-refractivity contribution in [3.63, 3.8) is 0 Å². The molecule has 2 N–H and O–H groups in total. The zero-order valence-electron chi connectivity index (χ0n) is 11.7. The van der Waals surface area contributed by atoms with Gasteiger partial charge in [0.2, 0.25) is 0 Å². The summed E-state index contributed by atoms with van der Waals surface area (Å²) in [4.78, 5) is 35.7. The Morgan fingerprint density at radius 1 is 1.29 bits per heavy atom. The van der Waals surface area contributed by atoms with Crippen molar-refractivity contribution in [2.45, 2.75) is 25.8 Å². The highest BCUT2D eigenvalue weighted by Gasteiger charge is 2.42. The minimum Gasteiger partial charge on any atom is -0.481 e. The van der Waals surface area contributed by atoms with E-state index in [1.165, 1.54) is 0 Å². The largest absolute Gasteiger partial charge is 0.481 e. The van der Waals surface area contributed by atoms with E-state index < -0.39 is 23.8 Å². The summed E-state index contributed by atoms with van der Waals surface area (Å²) in [5.41, 5.74) is 1.02. The van der Waals surface area contributed by atoms with Crippen molar-refractivity contribution in [2.24, 2.45) is 5.92 Å². The first-order valence-corrected chi connectivity index (χ1v) is 6.76. The highest BCUT2D eigenvalue weighted by molar-refractivity contribution is 6.20. The van der Waals surface area contributed by atoms with Gasteiger partial charge in [0.1, 0.15) is 0 Å². The Balaban J connectivity index is 2.21. The Kier molecular flexibility index (Phi) is 4.26. The number of ketones is 1. The summed E-state index contributed by atoms with van der Waals surface area (Å²) in [7, 11) is 0. The molecule has 0 saturated carbocycles. The van der Waals surface area contributed by atoms with E-state index in [1.54, 1.807) is 29.2 Å². The maximum atomic E-state index is 12.2. The zero-order valence-corrected chi connectivity index (χ0v) is 11.7. The lowest BCUT2D eigenvalue weighted by Gasteiger charge is -2.26. The van der Waals surface area contributed by atoms with Crippen LogP contribution < -0.4 is 4.90 Å². The molecule has 1 aromatic carbocycles. The van der Waals surface area contributed by atoms with Crippen molar-refractivity contribution in [1.29, 1.82) is 0 Å². The van der Waals surface area contributed by atoms with Gasteiger partial charge in [0.05, 0.1) is 0 Å². The van der Waals surface area contributed by atoms with Crippen LogP contribution in [0.25, 0.3) is 0 Å². The average molecular weight is 291 g/mol. The number of rotatable bonds is 6. The van der Waals surface area contributed by atoms with Gasteiger partial charge in [-0.2, -0.15) is 0 Å². The second kappa shape index (κ2) is 5.95. The second-order valence-corrected chi connectivity index (χ2v) is 5.31. The number of carboxylic acid groups (broad SMARTS) is 2. The van der Waals surface area contributed by atoms with Crippen LogP contribution in [0, 0.1) is 5.92 Å². The molecule has 0 aliphatic carbocycles. The fourth-order valence-corrected chi connectivity index (χ4v) is 2.61. The number of fused-ring (bicyclic) bond motifs is 1. The quantitative estimate of drug-likeness (QED) is 0.774. The molecule has 6 heteroatoms. The molecule has 0 spiro atoms. The molecule has 21 heavy (non-hydrogen) atoms. The van der Waals surface area contributed by atoms with Gasteiger partial charge in [-0.05, 0) is 24.5 Å². The first kappa shape index (κ1) is 15.0. The minimum absolute atomic E-state index is 0.0260. The summed E-state index contributed by atoms with van der Waals surface area (Å²) >= 11 is 0. The van der Waals surface area contributed by atoms with Crippen LogP contribution in [0.1, 0.15) is 30.1 Å². The van der Waals surface area contributed by atoms with Crippen LogP contribution in [0.2, 0.25) is 0 Å². The summed E-state index contributed by atoms with van der Waals surface area (Å²) in [5.74, 6) is -2.50. The molecule has 6 nitrogen and oxygen atoms in total. The lowest BCUT2D eigenvalue weighted by molar-refractivity contribution is -0.138. The molecule has 1 heterocycles. The van der Waals surface area contributed by atoms with Crippen LogP contribution in [0.5, 0.6) is 0 Å². The highest BCUT2D eigenvalue weighted by atomic mass is 16.4. The van der Waals surface area contributed by atoms with Crippen LogP contribution >= 0.6 is 0 Å². The molecule has 112 valence electrons. The predicted molar refractivity (Wildman–Crippen MR) is 75.6 cm³/mol. The summed E-state index contributed by atoms with van der Waals surface area (Å²) in [6.45, 7) is 2.19. The average Bonchev–Trinajstić information content (AvgIpc) is 2.70. The van der Waals surface area contributed by atoms with Gasteiger partial charge in [-0.25, -0.2) is 4.79 Å². The van der Waals surface area contributed by atoms with Gasteiger partial charge in [-0.3, -0.25) is 9.59 Å². The molecule has 2 rings (SSSR count). The standard InChI is InChI=1S/C15H17NO5/c1-9(6-7-12(17)18)8-16-11-5-3-2-4-10(11)14(19)13(16)15(20)21/h2-5,9,13H,6-8H2,1H3,(H,17,18)(H,20,21)/t9-,13-/m1/s1. The number of para-hydroxylation sites is 1. The molecule has 1 aromatic rings. The number of aliphatic carboxylic acids is 2. The smallest absolute Gasteiger partial charge is 0.334 e. The number of carbonyl (C=O) groups excluding carboxylic acids is 1. The van der Waals surface area contributed by atoms with Gasteiger partial charge in [0.15, 0.2) is 11.8 Å². The van der Waals surface area contributed by atoms with Crippen LogP contribution in [-0.2, 0) is 9.59 Å². The van der Waals surface area contributed by atoms with Gasteiger partial charge in [0, 0.05) is 24.2 Å². The summed E-state index contributed by atoms with van der Waals surface area (Å²) < 4.78 is 0. The molecular formula is C15H17NO5. The normalized spacial score (nSPS) is 18.4. The zero-order chi connectivity index (χ0) is 15.6. The van der Waals surface area contributed by atoms with Crippen molar-refractivity contribution < 1.29 is 24.6 Å². The molecule has 1 aliphatic rings. The molecule has 0 saturated heterocycles. The monoisotopic (exact) mass is 291 g/mol. The molecule has 0 amide bonds. The van der Waals surface area contributed by atoms with Crippen molar-refractivity contribution >= 4 is 23.4 Å². The topological polar surface area (TPSA) is 94.9 Å². The van der Waals surface area contributed by atoms with Crippen molar-refractivity contribution in [2.75, 3.05) is 11.4 Å². The van der Waals surface area contributed by atoms with Gasteiger partial charge in [0.25, 0.3) is 0 Å². The van der Waals surface area contributed by atoms with E-state index >= 15 is 0 Å². The van der Waals surface area contributed by atoms with E-state index in [9.17, 15) is 19.5 Å². The fourth-order valence-electron chi connectivity index (χ4n) is 2.61. The molecule has 0 unspecified atom stereocenters. The molecule has 0 bridgehead atoms. The molecule has 2 atom stereocenters. The van der Waals surface area contributed by atoms with E-state index in [1.807, 2.05) is 6.92 Å². The number of hydrogen-bond acceptors (Lipinski definition) is 4. The number of nitrogens with zero attached hydrogens (tertiary/aromatic N) is 1. The van der Waals surface area contributed by atoms with Crippen LogP contribution in [0.4, 0.5) is 5.69 Å². The Morgan fingerprint density at radius 2 is 1.95 bits per heavy atom. The first-order chi connectivity index (χ1) is 9.91. The number of carboxylic acids is 2. The Hall–Kier alpha value is -2.37. The Bertz CT molecular complexity index is 583. The Morgan fingerprint density at radius 3 is 2.57 bits per heavy atom. The van der Waals surface area contributed by atoms with E-state index in [0.29, 0.717) is 24.2 Å². The minimum atomic E-state index is -1.21. The summed E-state index contributed by atoms with van der Waals surface area (Å²) in [6.07, 6.45) is 0.469. The van der Waals surface area contributed by atoms with Crippen molar-refractivity contribution in [1.82, 2.24) is 0 Å². The maximum Gasteiger partial charge on any atom is 0.334 e. The van der Waals surface area contributed by atoms with Crippen LogP contribution in [0.15, 0.2) is 24.3 Å². The number of carbonyl (C=O) groups is 3. The highest BCUT2D eigenvalue weighted by Crippen LogP contribution is 2.33. The fraction of sp³-hybridized carbons (Fsp3) is 0.400. The first-order valence-electron chi connectivity index (χ1n) is 6.76. The van der Waals surface area contributed by atoms with Gasteiger partial charge in [-0.1, -0.05) is 19.1 Å². The van der Waals surface area contributed by atoms with E-state index in [4.69, 9.17) is 5.11 Å². The number of benzene rings is 1. The van der Waals surface area contributed by atoms with Crippen molar-refractivity contribution in [3.8, 4) is 0 Å². The third-order valence-corrected chi connectivity index (χ3v) is 3.63. The second-order valence-electron chi connectivity index (χ2n) is 5.31. The molecule has 1 aliphatic heterocycles. The maximum absolute atomic E-state index is 12.2. The third-order valence-electron chi connectivity index (χ3n) is 3.63. The number of hydrogen-bond donors (Lipinski definition) is 2. The lowest BCUT2D eigenvalue weighted by atomic mass is 10.0. The summed E-state index contributed by atoms with van der Waals surface area (Å²) in [6, 6.07) is 5.59. The van der Waals surface area contributed by atoms with Gasteiger partial charge in [-0.15, -0.1) is 0 Å². The molecule has 0 radical (unpaired) electrons. The van der Waals surface area contributed by atoms with E-state index in [0.717, 1.165) is 0 Å². The predicted octanol–water partition coefficient (Wildman–Crippen LogP) is 1.64. The lowest BCUT2D eigenvalue weighted by Crippen LogP contribution is -2.44. The molecule has 0 fully saturated rings. The van der Waals surface area contributed by atoms with E-state index in [2.05, 4.69) is 0 Å². The van der Waals surface area contributed by atoms with Crippen molar-refractivity contribution in [3.05, 3.63) is 29.8 Å². The summed E-state index contributed by atoms with van der Waals surface area (Å²) in [5, 5.41) is 18.0. The van der Waals surface area contributed by atoms with Gasteiger partial charge >= 0.3 is 11.9 Å². The van der Waals surface area contributed by atoms with E-state index in [-0.39, 0.29) is 12.3 Å². The Labute approximate surface area is 122 Å². The number of Topliss-reactive ketones (excluding diaryl/α,β-unsaturated/α-hetero) is 1. The van der Waals surface area contributed by atoms with Crippen LogP contribution in [-0.4, -0.2) is 40.5 Å². The third kappa shape index (κ3) is 3.04.